The molecular formula is C32H41N3O4S. The molecule has 214 valence electrons. The SMILES string of the molecule is CCc1ccc(N(CC(=O)N(Cc2ccc(C)cc2)[C@@H](Cc2ccccc2)C(=O)NCC(C)C)S(C)(=O)=O)cc1. The Balaban J connectivity index is 2.03. The molecule has 0 unspecified atom stereocenters. The molecular weight excluding hydrogens is 522 g/mol. The normalized spacial score (nSPS) is 12.2. The zero-order valence-electron chi connectivity index (χ0n) is 24.1. The summed E-state index contributed by atoms with van der Waals surface area (Å²) in [6, 6.07) is 23.7. The van der Waals surface area contributed by atoms with E-state index in [9.17, 15) is 18.0 Å². The monoisotopic (exact) mass is 563 g/mol. The minimum Gasteiger partial charge on any atom is -0.354 e. The average molecular weight is 564 g/mol. The summed E-state index contributed by atoms with van der Waals surface area (Å²) in [4.78, 5) is 29.2. The Morgan fingerprint density at radius 2 is 1.45 bits per heavy atom. The fraction of sp³-hybridized carbons (Fsp3) is 0.375. The first-order valence-electron chi connectivity index (χ1n) is 13.7. The number of anilines is 1. The molecule has 40 heavy (non-hydrogen) atoms. The van der Waals surface area contributed by atoms with Crippen LogP contribution in [0.25, 0.3) is 0 Å². The lowest BCUT2D eigenvalue weighted by molar-refractivity contribution is -0.140. The second kappa shape index (κ2) is 14.1. The summed E-state index contributed by atoms with van der Waals surface area (Å²) in [6.45, 7) is 8.24. The van der Waals surface area contributed by atoms with Gasteiger partial charge < -0.3 is 10.2 Å². The molecule has 0 fully saturated rings. The molecule has 0 aliphatic rings. The summed E-state index contributed by atoms with van der Waals surface area (Å²) in [6.07, 6.45) is 2.20. The molecule has 8 heteroatoms. The molecule has 0 saturated carbocycles. The first-order chi connectivity index (χ1) is 19.0. The van der Waals surface area contributed by atoms with Gasteiger partial charge in [-0.2, -0.15) is 0 Å². The van der Waals surface area contributed by atoms with Crippen LogP contribution in [-0.2, 0) is 39.0 Å². The van der Waals surface area contributed by atoms with Crippen molar-refractivity contribution in [1.82, 2.24) is 10.2 Å². The van der Waals surface area contributed by atoms with Crippen LogP contribution in [0.4, 0.5) is 5.69 Å². The van der Waals surface area contributed by atoms with Gasteiger partial charge in [0, 0.05) is 19.5 Å². The van der Waals surface area contributed by atoms with Gasteiger partial charge in [0.15, 0.2) is 0 Å². The van der Waals surface area contributed by atoms with Crippen LogP contribution in [0.3, 0.4) is 0 Å². The van der Waals surface area contributed by atoms with E-state index in [1.165, 1.54) is 4.90 Å². The number of aryl methyl sites for hydroxylation is 2. The highest BCUT2D eigenvalue weighted by atomic mass is 32.2. The summed E-state index contributed by atoms with van der Waals surface area (Å²) in [5, 5.41) is 3.00. The van der Waals surface area contributed by atoms with Crippen LogP contribution >= 0.6 is 0 Å². The van der Waals surface area contributed by atoms with E-state index >= 15 is 0 Å². The minimum atomic E-state index is -3.79. The first-order valence-corrected chi connectivity index (χ1v) is 15.6. The third-order valence-corrected chi connectivity index (χ3v) is 7.88. The lowest BCUT2D eigenvalue weighted by Gasteiger charge is -2.33. The lowest BCUT2D eigenvalue weighted by Crippen LogP contribution is -2.53. The minimum absolute atomic E-state index is 0.165. The highest BCUT2D eigenvalue weighted by Crippen LogP contribution is 2.21. The molecule has 0 heterocycles. The van der Waals surface area contributed by atoms with E-state index in [1.54, 1.807) is 12.1 Å². The topological polar surface area (TPSA) is 86.8 Å². The van der Waals surface area contributed by atoms with E-state index in [1.807, 2.05) is 94.4 Å². The van der Waals surface area contributed by atoms with Crippen LogP contribution in [0.5, 0.6) is 0 Å². The summed E-state index contributed by atoms with van der Waals surface area (Å²) in [5.74, 6) is -0.489. The van der Waals surface area contributed by atoms with Crippen molar-refractivity contribution >= 4 is 27.5 Å². The van der Waals surface area contributed by atoms with E-state index in [0.29, 0.717) is 18.7 Å². The van der Waals surface area contributed by atoms with Gasteiger partial charge in [-0.05, 0) is 48.1 Å². The van der Waals surface area contributed by atoms with E-state index in [2.05, 4.69) is 5.32 Å². The Kier molecular flexibility index (Phi) is 10.9. The zero-order chi connectivity index (χ0) is 29.3. The molecule has 0 radical (unpaired) electrons. The third-order valence-electron chi connectivity index (χ3n) is 6.74. The number of nitrogens with one attached hydrogen (secondary N) is 1. The fourth-order valence-corrected chi connectivity index (χ4v) is 5.23. The number of carbonyl (C=O) groups excluding carboxylic acids is 2. The molecule has 3 aromatic carbocycles. The van der Waals surface area contributed by atoms with Crippen LogP contribution in [0.2, 0.25) is 0 Å². The van der Waals surface area contributed by atoms with Crippen LogP contribution in [0.1, 0.15) is 43.0 Å². The van der Waals surface area contributed by atoms with Gasteiger partial charge in [-0.15, -0.1) is 0 Å². The van der Waals surface area contributed by atoms with Crippen molar-refractivity contribution in [3.05, 3.63) is 101 Å². The summed E-state index contributed by atoms with van der Waals surface area (Å²) >= 11 is 0. The number of hydrogen-bond acceptors (Lipinski definition) is 4. The van der Waals surface area contributed by atoms with E-state index < -0.39 is 28.5 Å². The predicted molar refractivity (Wildman–Crippen MR) is 162 cm³/mol. The third kappa shape index (κ3) is 8.95. The largest absolute Gasteiger partial charge is 0.354 e. The molecule has 0 aliphatic carbocycles. The quantitative estimate of drug-likeness (QED) is 0.326. The van der Waals surface area contributed by atoms with Crippen molar-refractivity contribution in [3.63, 3.8) is 0 Å². The Bertz CT molecular complexity index is 1360. The molecule has 3 aromatic rings. The maximum Gasteiger partial charge on any atom is 0.244 e. The van der Waals surface area contributed by atoms with Gasteiger partial charge >= 0.3 is 0 Å². The van der Waals surface area contributed by atoms with Gasteiger partial charge in [-0.1, -0.05) is 93.1 Å². The van der Waals surface area contributed by atoms with Crippen molar-refractivity contribution in [1.29, 1.82) is 0 Å². The summed E-state index contributed by atoms with van der Waals surface area (Å²) in [5.41, 5.74) is 4.31. The van der Waals surface area contributed by atoms with Crippen molar-refractivity contribution in [2.24, 2.45) is 5.92 Å². The molecule has 0 aliphatic heterocycles. The molecule has 0 saturated heterocycles. The predicted octanol–water partition coefficient (Wildman–Crippen LogP) is 4.74. The Labute approximate surface area is 239 Å². The van der Waals surface area contributed by atoms with E-state index in [4.69, 9.17) is 0 Å². The molecule has 0 bridgehead atoms. The second-order valence-electron chi connectivity index (χ2n) is 10.6. The van der Waals surface area contributed by atoms with Crippen molar-refractivity contribution in [3.8, 4) is 0 Å². The number of benzene rings is 3. The molecule has 7 nitrogen and oxygen atoms in total. The Morgan fingerprint density at radius 3 is 2.00 bits per heavy atom. The van der Waals surface area contributed by atoms with Crippen LogP contribution in [0.15, 0.2) is 78.9 Å². The van der Waals surface area contributed by atoms with E-state index in [-0.39, 0.29) is 18.4 Å². The first kappa shape index (κ1) is 30.9. The fourth-order valence-electron chi connectivity index (χ4n) is 4.38. The number of rotatable bonds is 13. The van der Waals surface area contributed by atoms with Crippen LogP contribution < -0.4 is 9.62 Å². The van der Waals surface area contributed by atoms with Gasteiger partial charge in [-0.25, -0.2) is 8.42 Å². The average Bonchev–Trinajstić information content (AvgIpc) is 2.93. The highest BCUT2D eigenvalue weighted by Gasteiger charge is 2.33. The maximum absolute atomic E-state index is 14.1. The molecule has 2 amide bonds. The standard InChI is InChI=1S/C32H41N3O4S/c1-6-26-16-18-29(19-17-26)35(40(5,38)39)23-31(36)34(22-28-14-12-25(4)13-15-28)30(32(37)33-21-24(2)3)20-27-10-8-7-9-11-27/h7-19,24,30H,6,20-23H2,1-5H3,(H,33,37)/t30-/m0/s1. The zero-order valence-corrected chi connectivity index (χ0v) is 24.9. The second-order valence-corrected chi connectivity index (χ2v) is 12.5. The maximum atomic E-state index is 14.1. The molecule has 1 N–H and O–H groups in total. The lowest BCUT2D eigenvalue weighted by atomic mass is 10.0. The van der Waals surface area contributed by atoms with Crippen molar-refractivity contribution < 1.29 is 18.0 Å². The molecule has 3 rings (SSSR count). The Morgan fingerprint density at radius 1 is 0.850 bits per heavy atom. The van der Waals surface area contributed by atoms with E-state index in [0.717, 1.165) is 39.2 Å². The summed E-state index contributed by atoms with van der Waals surface area (Å²) in [7, 11) is -3.79. The van der Waals surface area contributed by atoms with Gasteiger partial charge in [0.2, 0.25) is 21.8 Å². The summed E-state index contributed by atoms with van der Waals surface area (Å²) < 4.78 is 26.9. The Hall–Kier alpha value is -3.65. The van der Waals surface area contributed by atoms with Gasteiger partial charge in [0.25, 0.3) is 0 Å². The number of carbonyl (C=O) groups is 2. The molecule has 1 atom stereocenters. The molecule has 0 aromatic heterocycles. The number of sulfonamides is 1. The van der Waals surface area contributed by atoms with Crippen molar-refractivity contribution in [2.45, 2.75) is 53.1 Å². The van der Waals surface area contributed by atoms with Crippen molar-refractivity contribution in [2.75, 3.05) is 23.7 Å². The van der Waals surface area contributed by atoms with Gasteiger partial charge in [0.05, 0.1) is 11.9 Å². The highest BCUT2D eigenvalue weighted by molar-refractivity contribution is 7.92. The smallest absolute Gasteiger partial charge is 0.244 e. The number of amides is 2. The molecule has 0 spiro atoms. The van der Waals surface area contributed by atoms with Gasteiger partial charge in [0.1, 0.15) is 12.6 Å². The van der Waals surface area contributed by atoms with Crippen LogP contribution in [-0.4, -0.2) is 50.5 Å². The number of hydrogen-bond donors (Lipinski definition) is 1. The van der Waals surface area contributed by atoms with Crippen LogP contribution in [0, 0.1) is 12.8 Å². The number of nitrogens with zero attached hydrogens (tertiary/aromatic N) is 2. The van der Waals surface area contributed by atoms with Gasteiger partial charge in [-0.3, -0.25) is 13.9 Å².